The van der Waals surface area contributed by atoms with Gasteiger partial charge in [-0.15, -0.1) is 0 Å². The maximum absolute atomic E-state index is 5.12. The number of nitrogens with zero attached hydrogens (tertiary/aromatic N) is 1. The van der Waals surface area contributed by atoms with E-state index in [2.05, 4.69) is 31.0 Å². The van der Waals surface area contributed by atoms with E-state index in [1.54, 1.807) is 7.11 Å². The molecule has 80 valence electrons. The zero-order valence-electron chi connectivity index (χ0n) is 9.58. The second-order valence-corrected chi connectivity index (χ2v) is 4.26. The molecule has 15 heavy (non-hydrogen) atoms. The van der Waals surface area contributed by atoms with Crippen molar-refractivity contribution in [3.63, 3.8) is 0 Å². The van der Waals surface area contributed by atoms with Gasteiger partial charge >= 0.3 is 0 Å². The summed E-state index contributed by atoms with van der Waals surface area (Å²) in [5.74, 6) is 1.36. The van der Waals surface area contributed by atoms with Crippen molar-refractivity contribution in [2.24, 2.45) is 5.92 Å². The summed E-state index contributed by atoms with van der Waals surface area (Å²) in [5.41, 5.74) is 3.94. The molecule has 1 aliphatic carbocycles. The normalized spacial score (nSPS) is 14.8. The third kappa shape index (κ3) is 2.04. The number of fused-ring (bicyclic) bond motifs is 1. The van der Waals surface area contributed by atoms with Crippen LogP contribution >= 0.6 is 0 Å². The minimum atomic E-state index is 0.639. The van der Waals surface area contributed by atoms with Crippen LogP contribution in [0.1, 0.15) is 31.5 Å². The lowest BCUT2D eigenvalue weighted by Crippen LogP contribution is -2.06. The fraction of sp³-hybridized carbons (Fsp3) is 0.462. The number of methoxy groups -OCH3 is 1. The van der Waals surface area contributed by atoms with Gasteiger partial charge in [0.2, 0.25) is 5.88 Å². The standard InChI is InChI=1S/C13H17NO/c1-9(2)10-4-6-12-11(8-10)5-7-13(14-12)15-3/h5,7-9H,4,6H2,1-3H3. The number of hydrogen-bond donors (Lipinski definition) is 0. The van der Waals surface area contributed by atoms with Crippen molar-refractivity contribution >= 4 is 6.08 Å². The highest BCUT2D eigenvalue weighted by Gasteiger charge is 2.14. The molecule has 0 fully saturated rings. The van der Waals surface area contributed by atoms with E-state index in [-0.39, 0.29) is 0 Å². The number of aromatic nitrogens is 1. The van der Waals surface area contributed by atoms with Crippen molar-refractivity contribution in [1.29, 1.82) is 0 Å². The smallest absolute Gasteiger partial charge is 0.213 e. The van der Waals surface area contributed by atoms with Crippen LogP contribution in [0.4, 0.5) is 0 Å². The van der Waals surface area contributed by atoms with Gasteiger partial charge in [-0.05, 0) is 30.4 Å². The average Bonchev–Trinajstić information content (AvgIpc) is 2.27. The van der Waals surface area contributed by atoms with Crippen LogP contribution in [0.15, 0.2) is 17.7 Å². The molecule has 2 heteroatoms. The van der Waals surface area contributed by atoms with E-state index in [0.29, 0.717) is 5.92 Å². The van der Waals surface area contributed by atoms with Crippen molar-refractivity contribution in [3.05, 3.63) is 29.0 Å². The number of pyridine rings is 1. The third-order valence-electron chi connectivity index (χ3n) is 2.93. The lowest BCUT2D eigenvalue weighted by atomic mass is 9.90. The fourth-order valence-electron chi connectivity index (χ4n) is 1.93. The Morgan fingerprint density at radius 2 is 2.07 bits per heavy atom. The fourth-order valence-corrected chi connectivity index (χ4v) is 1.93. The summed E-state index contributed by atoms with van der Waals surface area (Å²) in [7, 11) is 1.66. The first kappa shape index (κ1) is 10.2. The van der Waals surface area contributed by atoms with E-state index in [1.807, 2.05) is 6.07 Å². The zero-order valence-corrected chi connectivity index (χ0v) is 9.58. The predicted molar refractivity (Wildman–Crippen MR) is 61.9 cm³/mol. The molecule has 1 aromatic rings. The minimum Gasteiger partial charge on any atom is -0.481 e. The van der Waals surface area contributed by atoms with Gasteiger partial charge in [0.1, 0.15) is 0 Å². The number of rotatable bonds is 2. The molecule has 1 heterocycles. The molecule has 0 unspecified atom stereocenters. The summed E-state index contributed by atoms with van der Waals surface area (Å²) in [6.45, 7) is 4.49. The van der Waals surface area contributed by atoms with Gasteiger partial charge in [-0.2, -0.15) is 0 Å². The molecule has 2 rings (SSSR count). The first-order valence-corrected chi connectivity index (χ1v) is 5.45. The first-order chi connectivity index (χ1) is 7.20. The summed E-state index contributed by atoms with van der Waals surface area (Å²) < 4.78 is 5.12. The molecule has 0 radical (unpaired) electrons. The largest absolute Gasteiger partial charge is 0.481 e. The summed E-state index contributed by atoms with van der Waals surface area (Å²) in [6.07, 6.45) is 4.44. The number of allylic oxidation sites excluding steroid dienone is 1. The Bertz CT molecular complexity index is 394. The minimum absolute atomic E-state index is 0.639. The molecule has 0 saturated heterocycles. The van der Waals surface area contributed by atoms with Crippen molar-refractivity contribution in [3.8, 4) is 5.88 Å². The highest BCUT2D eigenvalue weighted by atomic mass is 16.5. The molecule has 0 N–H and O–H groups in total. The van der Waals surface area contributed by atoms with Crippen LogP contribution in [0.5, 0.6) is 5.88 Å². The van der Waals surface area contributed by atoms with Gasteiger partial charge in [-0.1, -0.05) is 25.5 Å². The van der Waals surface area contributed by atoms with Crippen molar-refractivity contribution in [2.45, 2.75) is 26.7 Å². The van der Waals surface area contributed by atoms with Crippen LogP contribution in [0.3, 0.4) is 0 Å². The SMILES string of the molecule is COc1ccc2c(n1)CCC(C(C)C)=C2. The Morgan fingerprint density at radius 3 is 2.73 bits per heavy atom. The molecule has 0 aromatic carbocycles. The van der Waals surface area contributed by atoms with Gasteiger partial charge in [-0.25, -0.2) is 4.98 Å². The van der Waals surface area contributed by atoms with Crippen molar-refractivity contribution in [1.82, 2.24) is 4.98 Å². The Morgan fingerprint density at radius 1 is 1.27 bits per heavy atom. The summed E-state index contributed by atoms with van der Waals surface area (Å²) in [4.78, 5) is 4.46. The molecule has 1 aromatic heterocycles. The van der Waals surface area contributed by atoms with Gasteiger partial charge in [0.25, 0.3) is 0 Å². The van der Waals surface area contributed by atoms with E-state index in [1.165, 1.54) is 16.8 Å². The van der Waals surface area contributed by atoms with Crippen LogP contribution in [0.25, 0.3) is 6.08 Å². The number of aryl methyl sites for hydroxylation is 1. The summed E-state index contributed by atoms with van der Waals surface area (Å²) in [6, 6.07) is 4.03. The van der Waals surface area contributed by atoms with Crippen LogP contribution < -0.4 is 4.74 Å². The van der Waals surface area contributed by atoms with Crippen molar-refractivity contribution < 1.29 is 4.74 Å². The lowest BCUT2D eigenvalue weighted by Gasteiger charge is -2.18. The summed E-state index contributed by atoms with van der Waals surface area (Å²) in [5, 5.41) is 0. The molecular formula is C13H17NO. The highest BCUT2D eigenvalue weighted by molar-refractivity contribution is 5.58. The van der Waals surface area contributed by atoms with E-state index in [4.69, 9.17) is 4.74 Å². The van der Waals surface area contributed by atoms with Crippen LogP contribution in [-0.2, 0) is 6.42 Å². The molecule has 0 aliphatic heterocycles. The zero-order chi connectivity index (χ0) is 10.8. The van der Waals surface area contributed by atoms with Gasteiger partial charge < -0.3 is 4.74 Å². The van der Waals surface area contributed by atoms with Crippen LogP contribution in [0.2, 0.25) is 0 Å². The van der Waals surface area contributed by atoms with Gasteiger partial charge in [0.05, 0.1) is 12.8 Å². The van der Waals surface area contributed by atoms with E-state index in [0.717, 1.165) is 18.7 Å². The maximum Gasteiger partial charge on any atom is 0.213 e. The first-order valence-electron chi connectivity index (χ1n) is 5.45. The molecule has 0 spiro atoms. The average molecular weight is 203 g/mol. The molecule has 0 amide bonds. The van der Waals surface area contributed by atoms with Gasteiger partial charge in [0, 0.05) is 6.07 Å². The summed E-state index contributed by atoms with van der Waals surface area (Å²) >= 11 is 0. The highest BCUT2D eigenvalue weighted by Crippen LogP contribution is 2.28. The number of hydrogen-bond acceptors (Lipinski definition) is 2. The second kappa shape index (κ2) is 4.05. The molecular weight excluding hydrogens is 186 g/mol. The Kier molecular flexibility index (Phi) is 2.76. The third-order valence-corrected chi connectivity index (χ3v) is 2.93. The molecule has 0 saturated carbocycles. The second-order valence-electron chi connectivity index (χ2n) is 4.26. The molecule has 1 aliphatic rings. The van der Waals surface area contributed by atoms with Crippen LogP contribution in [-0.4, -0.2) is 12.1 Å². The molecule has 0 atom stereocenters. The Labute approximate surface area is 91.0 Å². The quantitative estimate of drug-likeness (QED) is 0.737. The lowest BCUT2D eigenvalue weighted by molar-refractivity contribution is 0.396. The monoisotopic (exact) mass is 203 g/mol. The topological polar surface area (TPSA) is 22.1 Å². The van der Waals surface area contributed by atoms with Crippen LogP contribution in [0, 0.1) is 5.92 Å². The maximum atomic E-state index is 5.12. The number of ether oxygens (including phenoxy) is 1. The Balaban J connectivity index is 2.36. The van der Waals surface area contributed by atoms with E-state index < -0.39 is 0 Å². The van der Waals surface area contributed by atoms with Gasteiger partial charge in [0.15, 0.2) is 0 Å². The molecule has 2 nitrogen and oxygen atoms in total. The van der Waals surface area contributed by atoms with E-state index in [9.17, 15) is 0 Å². The van der Waals surface area contributed by atoms with Gasteiger partial charge in [-0.3, -0.25) is 0 Å². The Hall–Kier alpha value is -1.31. The van der Waals surface area contributed by atoms with Crippen molar-refractivity contribution in [2.75, 3.05) is 7.11 Å². The van der Waals surface area contributed by atoms with E-state index >= 15 is 0 Å². The molecule has 0 bridgehead atoms. The predicted octanol–water partition coefficient (Wildman–Crippen LogP) is 3.08.